The summed E-state index contributed by atoms with van der Waals surface area (Å²) in [6, 6.07) is 7.17. The van der Waals surface area contributed by atoms with Gasteiger partial charge in [-0.15, -0.1) is 0 Å². The topological polar surface area (TPSA) is 69.6 Å². The second kappa shape index (κ2) is 7.63. The third kappa shape index (κ3) is 4.13. The van der Waals surface area contributed by atoms with E-state index in [0.29, 0.717) is 0 Å². The zero-order chi connectivity index (χ0) is 17.7. The third-order valence-corrected chi connectivity index (χ3v) is 3.52. The molecule has 7 heteroatoms. The number of aromatic nitrogens is 1. The molecule has 24 heavy (non-hydrogen) atoms. The maximum Gasteiger partial charge on any atom is 0.358 e. The number of rotatable bonds is 6. The zero-order valence-electron chi connectivity index (χ0n) is 13.7. The number of benzene rings is 1. The van der Waals surface area contributed by atoms with Crippen LogP contribution in [0, 0.1) is 5.82 Å². The van der Waals surface area contributed by atoms with E-state index in [0.717, 1.165) is 5.56 Å². The Morgan fingerprint density at radius 1 is 1.25 bits per heavy atom. The Bertz CT molecular complexity index is 725. The van der Waals surface area contributed by atoms with Crippen LogP contribution in [0.1, 0.15) is 29.0 Å². The van der Waals surface area contributed by atoms with E-state index in [2.05, 4.69) is 10.1 Å². The van der Waals surface area contributed by atoms with Gasteiger partial charge in [-0.25, -0.2) is 9.18 Å². The Labute approximate surface area is 139 Å². The van der Waals surface area contributed by atoms with Gasteiger partial charge in [-0.2, -0.15) is 0 Å². The van der Waals surface area contributed by atoms with Gasteiger partial charge in [-0.05, 0) is 30.7 Å². The van der Waals surface area contributed by atoms with Gasteiger partial charge in [0, 0.05) is 13.2 Å². The van der Waals surface area contributed by atoms with Gasteiger partial charge in [-0.3, -0.25) is 4.79 Å². The molecule has 0 aliphatic carbocycles. The van der Waals surface area contributed by atoms with Crippen LogP contribution in [0.25, 0.3) is 0 Å². The van der Waals surface area contributed by atoms with E-state index in [1.54, 1.807) is 42.9 Å². The fourth-order valence-corrected chi connectivity index (χ4v) is 2.23. The number of methoxy groups -OCH3 is 1. The molecule has 2 rings (SSSR count). The first-order valence-corrected chi connectivity index (χ1v) is 7.33. The van der Waals surface area contributed by atoms with Crippen molar-refractivity contribution < 1.29 is 23.5 Å². The molecule has 0 spiro atoms. The number of hydrogen-bond acceptors (Lipinski definition) is 4. The Hall–Kier alpha value is -2.83. The fraction of sp³-hybridized carbons (Fsp3) is 0.294. The van der Waals surface area contributed by atoms with Crippen molar-refractivity contribution in [1.29, 1.82) is 0 Å². The molecule has 1 N–H and O–H groups in total. The van der Waals surface area contributed by atoms with Gasteiger partial charge in [0.25, 0.3) is 5.91 Å². The predicted octanol–water partition coefficient (Wildman–Crippen LogP) is 2.21. The number of hydrogen-bond donors (Lipinski definition) is 1. The molecule has 0 unspecified atom stereocenters. The lowest BCUT2D eigenvalue weighted by Crippen LogP contribution is -2.31. The summed E-state index contributed by atoms with van der Waals surface area (Å²) in [6.07, 6.45) is 1.64. The standard InChI is InChI=1S/C17H19FN2O4/c1-11(12-4-6-13(18)7-5-12)19-15(21)10-24-14-8-9-20(2)16(14)17(22)23-3/h4-9,11H,10H2,1-3H3,(H,19,21)/t11-/m1/s1. The summed E-state index contributed by atoms with van der Waals surface area (Å²) in [5.74, 6) is -0.960. The monoisotopic (exact) mass is 334 g/mol. The van der Waals surface area contributed by atoms with Gasteiger partial charge < -0.3 is 19.4 Å². The number of esters is 1. The number of nitrogens with zero attached hydrogens (tertiary/aromatic N) is 1. The average molecular weight is 334 g/mol. The molecule has 0 saturated carbocycles. The smallest absolute Gasteiger partial charge is 0.358 e. The predicted molar refractivity (Wildman–Crippen MR) is 85.2 cm³/mol. The Morgan fingerprint density at radius 3 is 2.54 bits per heavy atom. The Morgan fingerprint density at radius 2 is 1.92 bits per heavy atom. The molecule has 128 valence electrons. The number of amides is 1. The third-order valence-electron chi connectivity index (χ3n) is 3.52. The highest BCUT2D eigenvalue weighted by molar-refractivity contribution is 5.91. The molecular formula is C17H19FN2O4. The van der Waals surface area contributed by atoms with E-state index < -0.39 is 5.97 Å². The summed E-state index contributed by atoms with van der Waals surface area (Å²) >= 11 is 0. The van der Waals surface area contributed by atoms with Crippen molar-refractivity contribution in [2.45, 2.75) is 13.0 Å². The number of carbonyl (C=O) groups is 2. The van der Waals surface area contributed by atoms with Gasteiger partial charge in [0.05, 0.1) is 13.2 Å². The molecule has 0 bridgehead atoms. The van der Waals surface area contributed by atoms with Crippen LogP contribution in [0.2, 0.25) is 0 Å². The van der Waals surface area contributed by atoms with Gasteiger partial charge in [0.15, 0.2) is 18.1 Å². The molecule has 1 atom stereocenters. The molecule has 0 aliphatic rings. The maximum absolute atomic E-state index is 12.9. The highest BCUT2D eigenvalue weighted by atomic mass is 19.1. The van der Waals surface area contributed by atoms with Crippen molar-refractivity contribution in [3.8, 4) is 5.75 Å². The van der Waals surface area contributed by atoms with Crippen molar-refractivity contribution in [2.75, 3.05) is 13.7 Å². The normalized spacial score (nSPS) is 11.7. The van der Waals surface area contributed by atoms with Crippen molar-refractivity contribution in [2.24, 2.45) is 7.05 Å². The summed E-state index contributed by atoms with van der Waals surface area (Å²) in [5.41, 5.74) is 1.01. The lowest BCUT2D eigenvalue weighted by molar-refractivity contribution is -0.123. The van der Waals surface area contributed by atoms with Crippen LogP contribution in [-0.2, 0) is 16.6 Å². The molecule has 1 aromatic carbocycles. The van der Waals surface area contributed by atoms with Gasteiger partial charge in [0.2, 0.25) is 0 Å². The minimum Gasteiger partial charge on any atom is -0.481 e. The Kier molecular flexibility index (Phi) is 5.57. The van der Waals surface area contributed by atoms with Crippen LogP contribution < -0.4 is 10.1 Å². The number of aryl methyl sites for hydroxylation is 1. The van der Waals surface area contributed by atoms with Crippen LogP contribution in [0.3, 0.4) is 0 Å². The molecule has 0 fully saturated rings. The molecule has 6 nitrogen and oxygen atoms in total. The first-order valence-electron chi connectivity index (χ1n) is 7.33. The molecular weight excluding hydrogens is 315 g/mol. The summed E-state index contributed by atoms with van der Waals surface area (Å²) in [6.45, 7) is 1.53. The second-order valence-corrected chi connectivity index (χ2v) is 5.26. The first-order chi connectivity index (χ1) is 11.4. The zero-order valence-corrected chi connectivity index (χ0v) is 13.7. The fourth-order valence-electron chi connectivity index (χ4n) is 2.23. The van der Waals surface area contributed by atoms with Gasteiger partial charge in [-0.1, -0.05) is 12.1 Å². The van der Waals surface area contributed by atoms with Crippen molar-refractivity contribution in [1.82, 2.24) is 9.88 Å². The van der Waals surface area contributed by atoms with Gasteiger partial charge >= 0.3 is 5.97 Å². The van der Waals surface area contributed by atoms with E-state index in [1.807, 2.05) is 0 Å². The lowest BCUT2D eigenvalue weighted by atomic mass is 10.1. The minimum atomic E-state index is -0.544. The SMILES string of the molecule is COC(=O)c1c(OCC(=O)N[C@H](C)c2ccc(F)cc2)ccn1C. The molecule has 1 aromatic heterocycles. The molecule has 0 radical (unpaired) electrons. The van der Waals surface area contributed by atoms with Crippen LogP contribution in [-0.4, -0.2) is 30.2 Å². The first kappa shape index (κ1) is 17.5. The lowest BCUT2D eigenvalue weighted by Gasteiger charge is -2.15. The average Bonchev–Trinajstić information content (AvgIpc) is 2.93. The number of ether oxygens (including phenoxy) is 2. The van der Waals surface area contributed by atoms with E-state index in [1.165, 1.54) is 19.2 Å². The highest BCUT2D eigenvalue weighted by Crippen LogP contribution is 2.20. The molecule has 0 saturated heterocycles. The number of carbonyl (C=O) groups excluding carboxylic acids is 2. The largest absolute Gasteiger partial charge is 0.481 e. The molecule has 2 aromatic rings. The van der Waals surface area contributed by atoms with Crippen molar-refractivity contribution >= 4 is 11.9 Å². The minimum absolute atomic E-state index is 0.233. The Balaban J connectivity index is 1.94. The van der Waals surface area contributed by atoms with Crippen LogP contribution in [0.4, 0.5) is 4.39 Å². The molecule has 1 amide bonds. The molecule has 0 aliphatic heterocycles. The van der Waals surface area contributed by atoms with Crippen molar-refractivity contribution in [3.05, 3.63) is 53.6 Å². The van der Waals surface area contributed by atoms with E-state index in [-0.39, 0.29) is 35.8 Å². The maximum atomic E-state index is 12.9. The summed E-state index contributed by atoms with van der Waals surface area (Å²) < 4.78 is 24.6. The second-order valence-electron chi connectivity index (χ2n) is 5.26. The van der Waals surface area contributed by atoms with Gasteiger partial charge in [0.1, 0.15) is 5.82 Å². The summed E-state index contributed by atoms with van der Waals surface area (Å²) in [4.78, 5) is 23.7. The number of halogens is 1. The van der Waals surface area contributed by atoms with Crippen LogP contribution >= 0.6 is 0 Å². The van der Waals surface area contributed by atoms with Crippen LogP contribution in [0.15, 0.2) is 36.5 Å². The quantitative estimate of drug-likeness (QED) is 0.822. The van der Waals surface area contributed by atoms with Crippen LogP contribution in [0.5, 0.6) is 5.75 Å². The number of nitrogens with one attached hydrogen (secondary N) is 1. The van der Waals surface area contributed by atoms with Crippen molar-refractivity contribution in [3.63, 3.8) is 0 Å². The highest BCUT2D eigenvalue weighted by Gasteiger charge is 2.18. The molecule has 1 heterocycles. The van der Waals surface area contributed by atoms with E-state index in [4.69, 9.17) is 4.74 Å². The summed E-state index contributed by atoms with van der Waals surface area (Å²) in [7, 11) is 2.95. The van der Waals surface area contributed by atoms with E-state index in [9.17, 15) is 14.0 Å². The van der Waals surface area contributed by atoms with E-state index >= 15 is 0 Å². The summed E-state index contributed by atoms with van der Waals surface area (Å²) in [5, 5.41) is 2.75.